The maximum Gasteiger partial charge on any atom is 0.338 e. The number of ether oxygens (including phenoxy) is 2. The average molecular weight is 237 g/mol. The summed E-state index contributed by atoms with van der Waals surface area (Å²) in [4.78, 5) is 11.6. The molecule has 0 heterocycles. The second-order valence-electron chi connectivity index (χ2n) is 3.65. The van der Waals surface area contributed by atoms with E-state index in [4.69, 9.17) is 15.2 Å². The van der Waals surface area contributed by atoms with E-state index >= 15 is 0 Å². The fourth-order valence-electron chi connectivity index (χ4n) is 1.30. The summed E-state index contributed by atoms with van der Waals surface area (Å²) in [5, 5.41) is 0. The fourth-order valence-corrected chi connectivity index (χ4v) is 1.30. The molecule has 0 aliphatic carbocycles. The lowest BCUT2D eigenvalue weighted by molar-refractivity contribution is 0.0318. The van der Waals surface area contributed by atoms with Crippen LogP contribution in [0.4, 0.5) is 0 Å². The van der Waals surface area contributed by atoms with Gasteiger partial charge in [0, 0.05) is 13.2 Å². The highest BCUT2D eigenvalue weighted by Gasteiger charge is 2.06. The van der Waals surface area contributed by atoms with Gasteiger partial charge in [0.1, 0.15) is 6.61 Å². The second kappa shape index (κ2) is 7.81. The van der Waals surface area contributed by atoms with Gasteiger partial charge < -0.3 is 15.2 Å². The number of nitrogens with two attached hydrogens (primary N) is 1. The SMILES string of the molecule is CCCOCCOC(=O)c1ccc(CN)cc1. The summed E-state index contributed by atoms with van der Waals surface area (Å²) >= 11 is 0. The van der Waals surface area contributed by atoms with E-state index in [1.165, 1.54) is 0 Å². The van der Waals surface area contributed by atoms with Crippen molar-refractivity contribution in [1.82, 2.24) is 0 Å². The zero-order valence-electron chi connectivity index (χ0n) is 10.1. The molecule has 0 aliphatic heterocycles. The molecular weight excluding hydrogens is 218 g/mol. The molecule has 0 saturated heterocycles. The van der Waals surface area contributed by atoms with Crippen LogP contribution in [0.3, 0.4) is 0 Å². The van der Waals surface area contributed by atoms with Crippen molar-refractivity contribution >= 4 is 5.97 Å². The first-order chi connectivity index (χ1) is 8.27. The van der Waals surface area contributed by atoms with Crippen LogP contribution in [-0.2, 0) is 16.0 Å². The summed E-state index contributed by atoms with van der Waals surface area (Å²) in [6.45, 7) is 3.94. The summed E-state index contributed by atoms with van der Waals surface area (Å²) in [7, 11) is 0. The van der Waals surface area contributed by atoms with Gasteiger partial charge in [0.25, 0.3) is 0 Å². The highest BCUT2D eigenvalue weighted by atomic mass is 16.6. The quantitative estimate of drug-likeness (QED) is 0.579. The van der Waals surface area contributed by atoms with E-state index in [1.807, 2.05) is 19.1 Å². The molecule has 4 nitrogen and oxygen atoms in total. The average Bonchev–Trinajstić information content (AvgIpc) is 2.38. The number of esters is 1. The van der Waals surface area contributed by atoms with Gasteiger partial charge in [0.15, 0.2) is 0 Å². The third kappa shape index (κ3) is 4.97. The number of carbonyl (C=O) groups excluding carboxylic acids is 1. The third-order valence-electron chi connectivity index (χ3n) is 2.23. The topological polar surface area (TPSA) is 61.5 Å². The van der Waals surface area contributed by atoms with Crippen molar-refractivity contribution in [3.63, 3.8) is 0 Å². The lowest BCUT2D eigenvalue weighted by Gasteiger charge is -2.05. The van der Waals surface area contributed by atoms with Crippen LogP contribution in [0.15, 0.2) is 24.3 Å². The van der Waals surface area contributed by atoms with E-state index in [9.17, 15) is 4.79 Å². The Hall–Kier alpha value is -1.39. The maximum atomic E-state index is 11.6. The Balaban J connectivity index is 2.31. The summed E-state index contributed by atoms with van der Waals surface area (Å²) in [5.41, 5.74) is 7.00. The monoisotopic (exact) mass is 237 g/mol. The summed E-state index contributed by atoms with van der Waals surface area (Å²) in [5.74, 6) is -0.325. The van der Waals surface area contributed by atoms with Gasteiger partial charge in [-0.3, -0.25) is 0 Å². The van der Waals surface area contributed by atoms with Crippen molar-refractivity contribution in [1.29, 1.82) is 0 Å². The van der Waals surface area contributed by atoms with Crippen LogP contribution < -0.4 is 5.73 Å². The molecule has 0 unspecified atom stereocenters. The molecule has 0 saturated carbocycles. The molecule has 4 heteroatoms. The summed E-state index contributed by atoms with van der Waals surface area (Å²) in [6, 6.07) is 7.09. The molecular formula is C13H19NO3. The largest absolute Gasteiger partial charge is 0.460 e. The molecule has 1 aromatic carbocycles. The number of carbonyl (C=O) groups is 1. The van der Waals surface area contributed by atoms with Crippen LogP contribution >= 0.6 is 0 Å². The van der Waals surface area contributed by atoms with Crippen molar-refractivity contribution < 1.29 is 14.3 Å². The molecule has 0 aliphatic rings. The van der Waals surface area contributed by atoms with Crippen molar-refractivity contribution in [3.8, 4) is 0 Å². The zero-order chi connectivity index (χ0) is 12.5. The lowest BCUT2D eigenvalue weighted by atomic mass is 10.1. The molecule has 94 valence electrons. The maximum absolute atomic E-state index is 11.6. The standard InChI is InChI=1S/C13H19NO3/c1-2-7-16-8-9-17-13(15)12-5-3-11(10-14)4-6-12/h3-6H,2,7-10,14H2,1H3. The zero-order valence-corrected chi connectivity index (χ0v) is 10.1. The van der Waals surface area contributed by atoms with E-state index in [2.05, 4.69) is 0 Å². The highest BCUT2D eigenvalue weighted by Crippen LogP contribution is 2.05. The lowest BCUT2D eigenvalue weighted by Crippen LogP contribution is -2.11. The van der Waals surface area contributed by atoms with E-state index in [0.29, 0.717) is 25.3 Å². The van der Waals surface area contributed by atoms with Gasteiger partial charge in [-0.25, -0.2) is 4.79 Å². The molecule has 0 radical (unpaired) electrons. The van der Waals surface area contributed by atoms with Crippen LogP contribution in [0.1, 0.15) is 29.3 Å². The number of rotatable bonds is 7. The molecule has 0 fully saturated rings. The highest BCUT2D eigenvalue weighted by molar-refractivity contribution is 5.89. The Kier molecular flexibility index (Phi) is 6.29. The van der Waals surface area contributed by atoms with Crippen LogP contribution in [0.5, 0.6) is 0 Å². The Labute approximate surface area is 102 Å². The fraction of sp³-hybridized carbons (Fsp3) is 0.462. The first-order valence-corrected chi connectivity index (χ1v) is 5.81. The molecule has 0 aromatic heterocycles. The number of hydrogen-bond acceptors (Lipinski definition) is 4. The smallest absolute Gasteiger partial charge is 0.338 e. The molecule has 1 rings (SSSR count). The summed E-state index contributed by atoms with van der Waals surface area (Å²) in [6.07, 6.45) is 0.967. The molecule has 2 N–H and O–H groups in total. The van der Waals surface area contributed by atoms with Crippen molar-refractivity contribution in [2.75, 3.05) is 19.8 Å². The van der Waals surface area contributed by atoms with Gasteiger partial charge in [0.05, 0.1) is 12.2 Å². The third-order valence-corrected chi connectivity index (χ3v) is 2.23. The Morgan fingerprint density at radius 3 is 2.47 bits per heavy atom. The molecule has 0 bridgehead atoms. The predicted octanol–water partition coefficient (Wildman–Crippen LogP) is 1.73. The van der Waals surface area contributed by atoms with E-state index < -0.39 is 0 Å². The van der Waals surface area contributed by atoms with Crippen molar-refractivity contribution in [2.24, 2.45) is 5.73 Å². The van der Waals surface area contributed by atoms with E-state index in [0.717, 1.165) is 12.0 Å². The minimum absolute atomic E-state index is 0.289. The van der Waals surface area contributed by atoms with E-state index in [1.54, 1.807) is 12.1 Å². The minimum Gasteiger partial charge on any atom is -0.460 e. The van der Waals surface area contributed by atoms with Crippen LogP contribution in [0.2, 0.25) is 0 Å². The van der Waals surface area contributed by atoms with Crippen LogP contribution in [0, 0.1) is 0 Å². The Bertz CT molecular complexity index is 335. The van der Waals surface area contributed by atoms with Gasteiger partial charge in [-0.1, -0.05) is 19.1 Å². The Morgan fingerprint density at radius 1 is 1.18 bits per heavy atom. The molecule has 0 amide bonds. The summed E-state index contributed by atoms with van der Waals surface area (Å²) < 4.78 is 10.3. The second-order valence-corrected chi connectivity index (χ2v) is 3.65. The number of hydrogen-bond donors (Lipinski definition) is 1. The first kappa shape index (κ1) is 13.7. The van der Waals surface area contributed by atoms with E-state index in [-0.39, 0.29) is 12.6 Å². The van der Waals surface area contributed by atoms with Gasteiger partial charge in [-0.05, 0) is 24.1 Å². The Morgan fingerprint density at radius 2 is 1.88 bits per heavy atom. The first-order valence-electron chi connectivity index (χ1n) is 5.81. The van der Waals surface area contributed by atoms with Gasteiger partial charge in [-0.2, -0.15) is 0 Å². The minimum atomic E-state index is -0.325. The molecule has 1 aromatic rings. The molecule has 0 spiro atoms. The van der Waals surface area contributed by atoms with Crippen LogP contribution in [-0.4, -0.2) is 25.8 Å². The van der Waals surface area contributed by atoms with Gasteiger partial charge in [0.2, 0.25) is 0 Å². The van der Waals surface area contributed by atoms with Crippen molar-refractivity contribution in [2.45, 2.75) is 19.9 Å². The molecule has 17 heavy (non-hydrogen) atoms. The predicted molar refractivity (Wildman–Crippen MR) is 65.7 cm³/mol. The normalized spacial score (nSPS) is 10.2. The van der Waals surface area contributed by atoms with Gasteiger partial charge in [-0.15, -0.1) is 0 Å². The van der Waals surface area contributed by atoms with Crippen molar-refractivity contribution in [3.05, 3.63) is 35.4 Å². The number of benzene rings is 1. The van der Waals surface area contributed by atoms with Gasteiger partial charge >= 0.3 is 5.97 Å². The molecule has 0 atom stereocenters. The van der Waals surface area contributed by atoms with Crippen LogP contribution in [0.25, 0.3) is 0 Å².